The molecule has 0 saturated carbocycles. The van der Waals surface area contributed by atoms with Crippen molar-refractivity contribution in [2.45, 2.75) is 13.5 Å². The number of hydrogen-bond donors (Lipinski definition) is 1. The van der Waals surface area contributed by atoms with E-state index in [0.717, 1.165) is 5.82 Å². The largest absolute Gasteiger partial charge is 0.292 e. The van der Waals surface area contributed by atoms with Crippen LogP contribution in [0.15, 0.2) is 23.1 Å². The maximum atomic E-state index is 11.6. The fourth-order valence-corrected chi connectivity index (χ4v) is 1.60. The predicted molar refractivity (Wildman–Crippen MR) is 68.9 cm³/mol. The standard InChI is InChI=1S/C9H11IN2OS/c1-7-11-6-8(10)9(13)12(7)4-2-3-5-14/h2-3,6,14H,4-5H2,1H3. The van der Waals surface area contributed by atoms with Crippen LogP contribution in [-0.2, 0) is 6.54 Å². The molecule has 0 fully saturated rings. The van der Waals surface area contributed by atoms with Gasteiger partial charge in [0.25, 0.3) is 5.56 Å². The van der Waals surface area contributed by atoms with Gasteiger partial charge in [0, 0.05) is 18.5 Å². The Bertz CT molecular complexity index is 400. The third kappa shape index (κ3) is 2.84. The van der Waals surface area contributed by atoms with Gasteiger partial charge in [-0.15, -0.1) is 0 Å². The number of halogens is 1. The van der Waals surface area contributed by atoms with E-state index in [9.17, 15) is 4.79 Å². The van der Waals surface area contributed by atoms with Gasteiger partial charge in [-0.2, -0.15) is 12.6 Å². The lowest BCUT2D eigenvalue weighted by Crippen LogP contribution is -2.25. The molecule has 0 aliphatic rings. The van der Waals surface area contributed by atoms with Crippen LogP contribution in [0.5, 0.6) is 0 Å². The summed E-state index contributed by atoms with van der Waals surface area (Å²) >= 11 is 6.04. The average molecular weight is 322 g/mol. The Morgan fingerprint density at radius 2 is 2.36 bits per heavy atom. The van der Waals surface area contributed by atoms with E-state index in [-0.39, 0.29) is 5.56 Å². The molecule has 0 bridgehead atoms. The normalized spacial score (nSPS) is 11.1. The number of nitrogens with zero attached hydrogens (tertiary/aromatic N) is 2. The minimum absolute atomic E-state index is 0.0157. The first kappa shape index (κ1) is 11.8. The topological polar surface area (TPSA) is 34.9 Å². The van der Waals surface area contributed by atoms with Crippen LogP contribution in [0, 0.1) is 10.5 Å². The highest BCUT2D eigenvalue weighted by Gasteiger charge is 2.02. The Morgan fingerprint density at radius 1 is 1.64 bits per heavy atom. The van der Waals surface area contributed by atoms with E-state index < -0.39 is 0 Å². The monoisotopic (exact) mass is 322 g/mol. The summed E-state index contributed by atoms with van der Waals surface area (Å²) in [5.41, 5.74) is 0.0157. The molecule has 0 aliphatic heterocycles. The molecule has 0 atom stereocenters. The fourth-order valence-electron chi connectivity index (χ4n) is 1.02. The SMILES string of the molecule is Cc1ncc(I)c(=O)n1CC=CCS. The Kier molecular flexibility index (Phi) is 4.67. The molecule has 3 nitrogen and oxygen atoms in total. The van der Waals surface area contributed by atoms with Crippen LogP contribution < -0.4 is 5.56 Å². The highest BCUT2D eigenvalue weighted by molar-refractivity contribution is 14.1. The minimum Gasteiger partial charge on any atom is -0.292 e. The van der Waals surface area contributed by atoms with E-state index >= 15 is 0 Å². The molecule has 0 N–H and O–H groups in total. The molecule has 0 spiro atoms. The molecule has 0 saturated heterocycles. The maximum absolute atomic E-state index is 11.6. The average Bonchev–Trinajstić information content (AvgIpc) is 2.18. The zero-order chi connectivity index (χ0) is 10.6. The second kappa shape index (κ2) is 5.55. The van der Waals surface area contributed by atoms with Crippen molar-refractivity contribution in [3.05, 3.63) is 38.1 Å². The van der Waals surface area contributed by atoms with Crippen LogP contribution >= 0.6 is 35.2 Å². The van der Waals surface area contributed by atoms with Crippen molar-refractivity contribution in [2.24, 2.45) is 0 Å². The lowest BCUT2D eigenvalue weighted by atomic mass is 10.4. The zero-order valence-corrected chi connectivity index (χ0v) is 10.8. The van der Waals surface area contributed by atoms with Gasteiger partial charge in [-0.3, -0.25) is 9.36 Å². The number of allylic oxidation sites excluding steroid dienone is 1. The van der Waals surface area contributed by atoms with Crippen molar-refractivity contribution in [1.29, 1.82) is 0 Å². The third-order valence-corrected chi connectivity index (χ3v) is 2.72. The maximum Gasteiger partial charge on any atom is 0.267 e. The van der Waals surface area contributed by atoms with E-state index in [1.54, 1.807) is 10.8 Å². The molecule has 14 heavy (non-hydrogen) atoms. The van der Waals surface area contributed by atoms with Crippen molar-refractivity contribution >= 4 is 35.2 Å². The van der Waals surface area contributed by atoms with Crippen LogP contribution in [0.1, 0.15) is 5.82 Å². The Labute approximate surface area is 102 Å². The second-order valence-corrected chi connectivity index (χ2v) is 4.25. The lowest BCUT2D eigenvalue weighted by molar-refractivity contribution is 0.708. The number of hydrogen-bond acceptors (Lipinski definition) is 3. The van der Waals surface area contributed by atoms with Gasteiger partial charge in [0.05, 0.1) is 3.57 Å². The van der Waals surface area contributed by atoms with Gasteiger partial charge < -0.3 is 0 Å². The molecule has 0 amide bonds. The molecular formula is C9H11IN2OS. The number of rotatable bonds is 3. The van der Waals surface area contributed by atoms with E-state index in [2.05, 4.69) is 17.6 Å². The molecule has 76 valence electrons. The summed E-state index contributed by atoms with van der Waals surface area (Å²) in [7, 11) is 0. The summed E-state index contributed by atoms with van der Waals surface area (Å²) < 4.78 is 2.29. The third-order valence-electron chi connectivity index (χ3n) is 1.76. The molecule has 0 aromatic carbocycles. The van der Waals surface area contributed by atoms with Gasteiger partial charge in [-0.1, -0.05) is 12.2 Å². The van der Waals surface area contributed by atoms with Gasteiger partial charge in [-0.25, -0.2) is 4.98 Å². The molecule has 1 heterocycles. The molecule has 1 aromatic heterocycles. The number of aryl methyl sites for hydroxylation is 1. The van der Waals surface area contributed by atoms with Gasteiger partial charge in [0.15, 0.2) is 0 Å². The molecule has 0 aliphatic carbocycles. The molecule has 1 rings (SSSR count). The summed E-state index contributed by atoms with van der Waals surface area (Å²) in [6.45, 7) is 2.39. The van der Waals surface area contributed by atoms with Gasteiger partial charge >= 0.3 is 0 Å². The number of thiol groups is 1. The molecular weight excluding hydrogens is 311 g/mol. The molecule has 5 heteroatoms. The predicted octanol–water partition coefficient (Wildman–Crippen LogP) is 1.64. The summed E-state index contributed by atoms with van der Waals surface area (Å²) in [5.74, 6) is 1.42. The van der Waals surface area contributed by atoms with Crippen LogP contribution in [0.4, 0.5) is 0 Å². The second-order valence-electron chi connectivity index (χ2n) is 2.72. The quantitative estimate of drug-likeness (QED) is 0.522. The highest BCUT2D eigenvalue weighted by Crippen LogP contribution is 1.97. The van der Waals surface area contributed by atoms with Crippen molar-refractivity contribution < 1.29 is 0 Å². The Hall–Kier alpha value is -0.300. The van der Waals surface area contributed by atoms with Crippen molar-refractivity contribution in [2.75, 3.05) is 5.75 Å². The van der Waals surface area contributed by atoms with Gasteiger partial charge in [-0.05, 0) is 29.5 Å². The first-order valence-corrected chi connectivity index (χ1v) is 5.85. The Morgan fingerprint density at radius 3 is 3.00 bits per heavy atom. The van der Waals surface area contributed by atoms with E-state index in [4.69, 9.17) is 0 Å². The smallest absolute Gasteiger partial charge is 0.267 e. The van der Waals surface area contributed by atoms with E-state index in [0.29, 0.717) is 15.9 Å². The zero-order valence-electron chi connectivity index (χ0n) is 7.77. The Balaban J connectivity index is 3.01. The molecule has 1 aromatic rings. The number of aromatic nitrogens is 2. The van der Waals surface area contributed by atoms with Crippen molar-refractivity contribution in [1.82, 2.24) is 9.55 Å². The van der Waals surface area contributed by atoms with Gasteiger partial charge in [0.1, 0.15) is 5.82 Å². The first-order chi connectivity index (χ1) is 6.66. The van der Waals surface area contributed by atoms with Crippen LogP contribution in [0.3, 0.4) is 0 Å². The lowest BCUT2D eigenvalue weighted by Gasteiger charge is -2.05. The van der Waals surface area contributed by atoms with Crippen LogP contribution in [-0.4, -0.2) is 15.3 Å². The van der Waals surface area contributed by atoms with Crippen LogP contribution in [0.25, 0.3) is 0 Å². The first-order valence-electron chi connectivity index (χ1n) is 4.14. The highest BCUT2D eigenvalue weighted by atomic mass is 127. The van der Waals surface area contributed by atoms with Crippen molar-refractivity contribution in [3.8, 4) is 0 Å². The van der Waals surface area contributed by atoms with Gasteiger partial charge in [0.2, 0.25) is 0 Å². The van der Waals surface area contributed by atoms with Crippen molar-refractivity contribution in [3.63, 3.8) is 0 Å². The van der Waals surface area contributed by atoms with E-state index in [1.165, 1.54) is 0 Å². The minimum atomic E-state index is 0.0157. The fraction of sp³-hybridized carbons (Fsp3) is 0.333. The summed E-state index contributed by atoms with van der Waals surface area (Å²) in [4.78, 5) is 15.8. The summed E-state index contributed by atoms with van der Waals surface area (Å²) in [6, 6.07) is 0. The van der Waals surface area contributed by atoms with Crippen LogP contribution in [0.2, 0.25) is 0 Å². The van der Waals surface area contributed by atoms with E-state index in [1.807, 2.05) is 41.7 Å². The molecule has 0 unspecified atom stereocenters. The molecule has 0 radical (unpaired) electrons. The summed E-state index contributed by atoms with van der Waals surface area (Å²) in [6.07, 6.45) is 5.42. The summed E-state index contributed by atoms with van der Waals surface area (Å²) in [5, 5.41) is 0.